The summed E-state index contributed by atoms with van der Waals surface area (Å²) in [5.74, 6) is -3.16. The maximum absolute atomic E-state index is 13.4. The molecule has 0 spiro atoms. The molecule has 2 aromatic carbocycles. The van der Waals surface area contributed by atoms with Crippen LogP contribution in [0.15, 0.2) is 48.5 Å². The molecule has 0 aliphatic rings. The molecule has 0 atom stereocenters. The van der Waals surface area contributed by atoms with Crippen molar-refractivity contribution in [2.75, 3.05) is 11.9 Å². The van der Waals surface area contributed by atoms with E-state index in [0.29, 0.717) is 11.1 Å². The van der Waals surface area contributed by atoms with E-state index >= 15 is 0 Å². The maximum Gasteiger partial charge on any atom is 0.331 e. The molecule has 0 aromatic heterocycles. The normalized spacial score (nSPS) is 10.6. The summed E-state index contributed by atoms with van der Waals surface area (Å²) < 4.78 is 30.8. The van der Waals surface area contributed by atoms with Crippen LogP contribution in [0.5, 0.6) is 0 Å². The molecule has 1 N–H and O–H groups in total. The van der Waals surface area contributed by atoms with Crippen molar-refractivity contribution in [3.8, 4) is 0 Å². The van der Waals surface area contributed by atoms with Gasteiger partial charge >= 0.3 is 5.97 Å². The van der Waals surface area contributed by atoms with Crippen LogP contribution in [-0.4, -0.2) is 18.5 Å². The van der Waals surface area contributed by atoms with Gasteiger partial charge in [0, 0.05) is 17.2 Å². The number of rotatable bonds is 5. The number of halogens is 3. The minimum atomic E-state index is -0.919. The Balaban J connectivity index is 1.82. The standard InChI is InChI=1S/C17H12ClF2NO3/c18-12-4-1-11(2-5-12)3-8-17(23)24-10-16(22)21-15-7-6-13(19)9-14(15)20/h1-9H,10H2,(H,21,22)/b8-3+. The van der Waals surface area contributed by atoms with Crippen LogP contribution in [0.25, 0.3) is 6.08 Å². The third-order valence-corrected chi connectivity index (χ3v) is 3.08. The van der Waals surface area contributed by atoms with Crippen molar-refractivity contribution in [1.29, 1.82) is 0 Å². The van der Waals surface area contributed by atoms with E-state index in [1.807, 2.05) is 0 Å². The Labute approximate surface area is 141 Å². The van der Waals surface area contributed by atoms with E-state index in [0.717, 1.165) is 23.8 Å². The first-order valence-corrected chi connectivity index (χ1v) is 7.17. The zero-order chi connectivity index (χ0) is 17.5. The highest BCUT2D eigenvalue weighted by Gasteiger charge is 2.09. The minimum Gasteiger partial charge on any atom is -0.452 e. The lowest BCUT2D eigenvalue weighted by Crippen LogP contribution is -2.20. The average Bonchev–Trinajstić information content (AvgIpc) is 2.55. The zero-order valence-electron chi connectivity index (χ0n) is 12.3. The van der Waals surface area contributed by atoms with Crippen molar-refractivity contribution in [3.63, 3.8) is 0 Å². The van der Waals surface area contributed by atoms with Gasteiger partial charge in [0.15, 0.2) is 6.61 Å². The first kappa shape index (κ1) is 17.6. The van der Waals surface area contributed by atoms with Crippen LogP contribution in [-0.2, 0) is 14.3 Å². The Kier molecular flexibility index (Phi) is 6.03. The van der Waals surface area contributed by atoms with E-state index in [1.54, 1.807) is 24.3 Å². The fraction of sp³-hybridized carbons (Fsp3) is 0.0588. The molecule has 0 aliphatic heterocycles. The lowest BCUT2D eigenvalue weighted by molar-refractivity contribution is -0.142. The first-order chi connectivity index (χ1) is 11.4. The molecular weight excluding hydrogens is 340 g/mol. The lowest BCUT2D eigenvalue weighted by Gasteiger charge is -2.06. The summed E-state index contributed by atoms with van der Waals surface area (Å²) >= 11 is 5.74. The topological polar surface area (TPSA) is 55.4 Å². The van der Waals surface area contributed by atoms with Crippen LogP contribution in [0, 0.1) is 11.6 Å². The summed E-state index contributed by atoms with van der Waals surface area (Å²) in [6, 6.07) is 9.45. The summed E-state index contributed by atoms with van der Waals surface area (Å²) in [7, 11) is 0. The van der Waals surface area contributed by atoms with Gasteiger partial charge in [-0.3, -0.25) is 4.79 Å². The molecule has 4 nitrogen and oxygen atoms in total. The van der Waals surface area contributed by atoms with Gasteiger partial charge in [-0.05, 0) is 35.9 Å². The van der Waals surface area contributed by atoms with Gasteiger partial charge in [-0.25, -0.2) is 13.6 Å². The predicted octanol–water partition coefficient (Wildman–Crippen LogP) is 3.81. The van der Waals surface area contributed by atoms with Crippen LogP contribution in [0.3, 0.4) is 0 Å². The molecule has 0 fully saturated rings. The van der Waals surface area contributed by atoms with Crippen LogP contribution in [0.4, 0.5) is 14.5 Å². The van der Waals surface area contributed by atoms with E-state index in [4.69, 9.17) is 16.3 Å². The summed E-state index contributed by atoms with van der Waals surface area (Å²) in [6.07, 6.45) is 2.64. The Morgan fingerprint density at radius 1 is 1.12 bits per heavy atom. The minimum absolute atomic E-state index is 0.200. The van der Waals surface area contributed by atoms with Crippen molar-refractivity contribution in [1.82, 2.24) is 0 Å². The number of ether oxygens (including phenoxy) is 1. The number of carbonyl (C=O) groups is 2. The van der Waals surface area contributed by atoms with Gasteiger partial charge in [-0.15, -0.1) is 0 Å². The third kappa shape index (κ3) is 5.48. The van der Waals surface area contributed by atoms with Crippen LogP contribution >= 0.6 is 11.6 Å². The molecule has 24 heavy (non-hydrogen) atoms. The lowest BCUT2D eigenvalue weighted by atomic mass is 10.2. The molecule has 2 rings (SSSR count). The van der Waals surface area contributed by atoms with Gasteiger partial charge in [-0.1, -0.05) is 23.7 Å². The second kappa shape index (κ2) is 8.21. The first-order valence-electron chi connectivity index (χ1n) is 6.79. The molecule has 0 radical (unpaired) electrons. The monoisotopic (exact) mass is 351 g/mol. The van der Waals surface area contributed by atoms with Gasteiger partial charge in [0.05, 0.1) is 5.69 Å². The van der Waals surface area contributed by atoms with Crippen LogP contribution in [0.2, 0.25) is 5.02 Å². The van der Waals surface area contributed by atoms with Crippen molar-refractivity contribution in [2.45, 2.75) is 0 Å². The molecule has 0 heterocycles. The average molecular weight is 352 g/mol. The highest BCUT2D eigenvalue weighted by molar-refractivity contribution is 6.30. The number of nitrogens with one attached hydrogen (secondary N) is 1. The fourth-order valence-electron chi connectivity index (χ4n) is 1.70. The summed E-state index contributed by atoms with van der Waals surface area (Å²) in [5.41, 5.74) is 0.531. The number of hydrogen-bond donors (Lipinski definition) is 1. The maximum atomic E-state index is 13.4. The van der Waals surface area contributed by atoms with Crippen molar-refractivity contribution < 1.29 is 23.1 Å². The van der Waals surface area contributed by atoms with Gasteiger partial charge in [0.25, 0.3) is 5.91 Å². The van der Waals surface area contributed by atoms with E-state index in [2.05, 4.69) is 5.32 Å². The SMILES string of the molecule is O=C(COC(=O)/C=C/c1ccc(Cl)cc1)Nc1ccc(F)cc1F. The Hall–Kier alpha value is -2.73. The van der Waals surface area contributed by atoms with E-state index in [-0.39, 0.29) is 5.69 Å². The number of hydrogen-bond acceptors (Lipinski definition) is 3. The molecule has 0 bridgehead atoms. The van der Waals surface area contributed by atoms with E-state index < -0.39 is 30.1 Å². The van der Waals surface area contributed by atoms with Crippen molar-refractivity contribution in [2.24, 2.45) is 0 Å². The van der Waals surface area contributed by atoms with Gasteiger partial charge in [-0.2, -0.15) is 0 Å². The van der Waals surface area contributed by atoms with Gasteiger partial charge < -0.3 is 10.1 Å². The van der Waals surface area contributed by atoms with Crippen molar-refractivity contribution in [3.05, 3.63) is 70.8 Å². The molecule has 2 aromatic rings. The zero-order valence-corrected chi connectivity index (χ0v) is 13.0. The summed E-state index contributed by atoms with van der Waals surface area (Å²) in [6.45, 7) is -0.597. The van der Waals surface area contributed by atoms with Crippen molar-refractivity contribution >= 4 is 35.2 Å². The fourth-order valence-corrected chi connectivity index (χ4v) is 1.83. The van der Waals surface area contributed by atoms with Gasteiger partial charge in [0.2, 0.25) is 0 Å². The van der Waals surface area contributed by atoms with E-state index in [9.17, 15) is 18.4 Å². The molecule has 124 valence electrons. The third-order valence-electron chi connectivity index (χ3n) is 2.83. The Morgan fingerprint density at radius 3 is 2.50 bits per heavy atom. The molecule has 0 saturated carbocycles. The van der Waals surface area contributed by atoms with Gasteiger partial charge in [0.1, 0.15) is 11.6 Å². The number of anilines is 1. The molecule has 0 unspecified atom stereocenters. The second-order valence-electron chi connectivity index (χ2n) is 4.66. The predicted molar refractivity (Wildman–Crippen MR) is 86.4 cm³/mol. The second-order valence-corrected chi connectivity index (χ2v) is 5.10. The number of benzene rings is 2. The highest BCUT2D eigenvalue weighted by Crippen LogP contribution is 2.14. The van der Waals surface area contributed by atoms with E-state index in [1.165, 1.54) is 6.08 Å². The quantitative estimate of drug-likeness (QED) is 0.658. The highest BCUT2D eigenvalue weighted by atomic mass is 35.5. The summed E-state index contributed by atoms with van der Waals surface area (Å²) in [5, 5.41) is 2.75. The summed E-state index contributed by atoms with van der Waals surface area (Å²) in [4.78, 5) is 23.1. The smallest absolute Gasteiger partial charge is 0.331 e. The molecule has 7 heteroatoms. The molecule has 0 saturated heterocycles. The van der Waals surface area contributed by atoms with Crippen LogP contribution < -0.4 is 5.32 Å². The number of carbonyl (C=O) groups excluding carboxylic acids is 2. The molecule has 0 aliphatic carbocycles. The largest absolute Gasteiger partial charge is 0.452 e. The number of amides is 1. The molecular formula is C17H12ClF2NO3. The Bertz CT molecular complexity index is 776. The molecule has 1 amide bonds. The Morgan fingerprint density at radius 2 is 1.83 bits per heavy atom. The number of esters is 1. The van der Waals surface area contributed by atoms with Crippen LogP contribution in [0.1, 0.15) is 5.56 Å².